The third-order valence-electron chi connectivity index (χ3n) is 3.33. The van der Waals surface area contributed by atoms with E-state index in [2.05, 4.69) is 15.2 Å². The van der Waals surface area contributed by atoms with Crippen molar-refractivity contribution >= 4 is 35.8 Å². The monoisotopic (exact) mass is 438 g/mol. The van der Waals surface area contributed by atoms with E-state index in [4.69, 9.17) is 19.6 Å². The van der Waals surface area contributed by atoms with E-state index in [0.29, 0.717) is 32.1 Å². The van der Waals surface area contributed by atoms with Crippen LogP contribution in [0, 0.1) is 0 Å². The van der Waals surface area contributed by atoms with Crippen molar-refractivity contribution in [3.05, 3.63) is 23.7 Å². The third kappa shape index (κ3) is 5.66. The number of nitrogens with two attached hydrogens (primary N) is 1. The van der Waals surface area contributed by atoms with Crippen molar-refractivity contribution < 1.29 is 18.7 Å². The average Bonchev–Trinajstić information content (AvgIpc) is 2.98. The molecule has 1 unspecified atom stereocenters. The molecule has 2 rings (SSSR count). The number of halogens is 1. The summed E-state index contributed by atoms with van der Waals surface area (Å²) in [5.74, 6) is 0.947. The van der Waals surface area contributed by atoms with Gasteiger partial charge in [-0.05, 0) is 12.1 Å². The lowest BCUT2D eigenvalue weighted by atomic mass is 10.3. The number of primary amides is 1. The number of morpholine rings is 1. The summed E-state index contributed by atoms with van der Waals surface area (Å²) >= 11 is 0. The summed E-state index contributed by atoms with van der Waals surface area (Å²) in [6.07, 6.45) is 0.0300. The van der Waals surface area contributed by atoms with Gasteiger partial charge in [0, 0.05) is 27.2 Å². The fourth-order valence-corrected chi connectivity index (χ4v) is 2.30. The molecular formula is C14H23IN4O4. The van der Waals surface area contributed by atoms with Crippen molar-refractivity contribution in [1.29, 1.82) is 0 Å². The van der Waals surface area contributed by atoms with E-state index in [1.165, 1.54) is 0 Å². The Labute approximate surface area is 152 Å². The largest absolute Gasteiger partial charge is 0.454 e. The SMILES string of the molecule is CN=C(NCc1ccc(C(N)=O)o1)N1CCOC(COC)C1.I. The van der Waals surface area contributed by atoms with Crippen LogP contribution in [0.5, 0.6) is 0 Å². The van der Waals surface area contributed by atoms with Crippen LogP contribution >= 0.6 is 24.0 Å². The maximum Gasteiger partial charge on any atom is 0.284 e. The third-order valence-corrected chi connectivity index (χ3v) is 3.33. The van der Waals surface area contributed by atoms with E-state index in [1.54, 1.807) is 26.3 Å². The van der Waals surface area contributed by atoms with Crippen LogP contribution in [0.2, 0.25) is 0 Å². The molecule has 1 aliphatic heterocycles. The minimum atomic E-state index is -0.578. The number of methoxy groups -OCH3 is 1. The average molecular weight is 438 g/mol. The molecule has 130 valence electrons. The molecule has 1 atom stereocenters. The van der Waals surface area contributed by atoms with Crippen LogP contribution in [0.1, 0.15) is 16.3 Å². The van der Waals surface area contributed by atoms with E-state index in [0.717, 1.165) is 12.5 Å². The van der Waals surface area contributed by atoms with Crippen LogP contribution in [0.3, 0.4) is 0 Å². The van der Waals surface area contributed by atoms with Gasteiger partial charge in [-0.25, -0.2) is 0 Å². The Bertz CT molecular complexity index is 533. The number of carbonyl (C=O) groups excluding carboxylic acids is 1. The van der Waals surface area contributed by atoms with E-state index >= 15 is 0 Å². The Kier molecular flexibility index (Phi) is 8.34. The lowest BCUT2D eigenvalue weighted by Gasteiger charge is -2.34. The first kappa shape index (κ1) is 19.7. The zero-order chi connectivity index (χ0) is 15.9. The van der Waals surface area contributed by atoms with Crippen molar-refractivity contribution in [2.45, 2.75) is 12.6 Å². The summed E-state index contributed by atoms with van der Waals surface area (Å²) in [5.41, 5.74) is 5.16. The molecule has 9 heteroatoms. The lowest BCUT2D eigenvalue weighted by molar-refractivity contribution is -0.0447. The molecule has 1 saturated heterocycles. The van der Waals surface area contributed by atoms with E-state index in [1.807, 2.05) is 0 Å². The van der Waals surface area contributed by atoms with E-state index in [-0.39, 0.29) is 35.8 Å². The van der Waals surface area contributed by atoms with Crippen molar-refractivity contribution in [2.75, 3.05) is 40.5 Å². The van der Waals surface area contributed by atoms with Gasteiger partial charge in [-0.2, -0.15) is 0 Å². The second kappa shape index (κ2) is 9.73. The van der Waals surface area contributed by atoms with Crippen molar-refractivity contribution in [3.8, 4) is 0 Å². The van der Waals surface area contributed by atoms with Crippen molar-refractivity contribution in [1.82, 2.24) is 10.2 Å². The summed E-state index contributed by atoms with van der Waals surface area (Å²) in [4.78, 5) is 17.4. The maximum atomic E-state index is 11.0. The number of furan rings is 1. The lowest BCUT2D eigenvalue weighted by Crippen LogP contribution is -2.51. The number of ether oxygens (including phenoxy) is 2. The number of hydrogen-bond donors (Lipinski definition) is 2. The molecule has 8 nitrogen and oxygen atoms in total. The molecule has 23 heavy (non-hydrogen) atoms. The highest BCUT2D eigenvalue weighted by atomic mass is 127. The first-order valence-corrected chi connectivity index (χ1v) is 7.08. The van der Waals surface area contributed by atoms with Crippen LogP contribution in [-0.2, 0) is 16.0 Å². The zero-order valence-corrected chi connectivity index (χ0v) is 15.6. The van der Waals surface area contributed by atoms with Gasteiger partial charge in [-0.3, -0.25) is 9.79 Å². The molecule has 0 radical (unpaired) electrons. The number of carbonyl (C=O) groups is 1. The molecule has 1 aliphatic rings. The predicted octanol–water partition coefficient (Wildman–Crippen LogP) is 0.419. The summed E-state index contributed by atoms with van der Waals surface area (Å²) in [7, 11) is 3.38. The Morgan fingerprint density at radius 2 is 2.35 bits per heavy atom. The number of rotatable bonds is 5. The molecule has 1 amide bonds. The molecule has 2 heterocycles. The summed E-state index contributed by atoms with van der Waals surface area (Å²) < 4.78 is 16.1. The highest BCUT2D eigenvalue weighted by molar-refractivity contribution is 14.0. The molecule has 1 fully saturated rings. The molecule has 1 aromatic heterocycles. The van der Waals surface area contributed by atoms with E-state index < -0.39 is 5.91 Å². The van der Waals surface area contributed by atoms with Crippen molar-refractivity contribution in [3.63, 3.8) is 0 Å². The Morgan fingerprint density at radius 3 is 2.96 bits per heavy atom. The smallest absolute Gasteiger partial charge is 0.284 e. The second-order valence-electron chi connectivity index (χ2n) is 4.93. The summed E-state index contributed by atoms with van der Waals surface area (Å²) in [5, 5.41) is 3.20. The quantitative estimate of drug-likeness (QED) is 0.393. The molecule has 0 spiro atoms. The van der Waals surface area contributed by atoms with Crippen LogP contribution in [-0.4, -0.2) is 63.3 Å². The number of amides is 1. The Morgan fingerprint density at radius 1 is 1.57 bits per heavy atom. The molecule has 0 aliphatic carbocycles. The van der Waals surface area contributed by atoms with Crippen LogP contribution in [0.25, 0.3) is 0 Å². The Hall–Kier alpha value is -1.33. The normalized spacial score (nSPS) is 18.4. The van der Waals surface area contributed by atoms with Gasteiger partial charge in [-0.1, -0.05) is 0 Å². The standard InChI is InChI=1S/C14H22N4O4.HI/c1-16-14(18-5-6-21-11(8-18)9-20-2)17-7-10-3-4-12(22-10)13(15)19;/h3-4,11H,5-9H2,1-2H3,(H2,15,19)(H,16,17);1H. The molecule has 0 saturated carbocycles. The van der Waals surface area contributed by atoms with Gasteiger partial charge in [0.25, 0.3) is 5.91 Å². The Balaban J connectivity index is 0.00000264. The number of nitrogens with zero attached hydrogens (tertiary/aromatic N) is 2. The molecule has 1 aromatic rings. The second-order valence-corrected chi connectivity index (χ2v) is 4.93. The summed E-state index contributed by atoms with van der Waals surface area (Å²) in [6.45, 7) is 3.06. The molecule has 3 N–H and O–H groups in total. The number of nitrogens with one attached hydrogen (secondary N) is 1. The fourth-order valence-electron chi connectivity index (χ4n) is 2.30. The summed E-state index contributed by atoms with van der Waals surface area (Å²) in [6, 6.07) is 3.28. The highest BCUT2D eigenvalue weighted by Gasteiger charge is 2.22. The highest BCUT2D eigenvalue weighted by Crippen LogP contribution is 2.09. The van der Waals surface area contributed by atoms with Crippen LogP contribution < -0.4 is 11.1 Å². The first-order valence-electron chi connectivity index (χ1n) is 7.08. The number of aliphatic imine (C=N–C) groups is 1. The topological polar surface area (TPSA) is 102 Å². The minimum absolute atomic E-state index is 0. The van der Waals surface area contributed by atoms with Gasteiger partial charge in [-0.15, -0.1) is 24.0 Å². The van der Waals surface area contributed by atoms with Crippen LogP contribution in [0.4, 0.5) is 0 Å². The zero-order valence-electron chi connectivity index (χ0n) is 13.3. The van der Waals surface area contributed by atoms with E-state index in [9.17, 15) is 4.79 Å². The van der Waals surface area contributed by atoms with Gasteiger partial charge in [0.2, 0.25) is 0 Å². The number of hydrogen-bond acceptors (Lipinski definition) is 5. The minimum Gasteiger partial charge on any atom is -0.454 e. The fraction of sp³-hybridized carbons (Fsp3) is 0.571. The molecule has 0 bridgehead atoms. The first-order chi connectivity index (χ1) is 10.6. The van der Waals surface area contributed by atoms with Crippen molar-refractivity contribution in [2.24, 2.45) is 10.7 Å². The van der Waals surface area contributed by atoms with Gasteiger partial charge >= 0.3 is 0 Å². The van der Waals surface area contributed by atoms with Gasteiger partial charge in [0.1, 0.15) is 5.76 Å². The van der Waals surface area contributed by atoms with Gasteiger partial charge in [0.05, 0.1) is 25.9 Å². The van der Waals surface area contributed by atoms with Crippen LogP contribution in [0.15, 0.2) is 21.5 Å². The predicted molar refractivity (Wildman–Crippen MR) is 96.0 cm³/mol. The number of guanidine groups is 1. The van der Waals surface area contributed by atoms with Gasteiger partial charge < -0.3 is 29.8 Å². The molecule has 0 aromatic carbocycles. The molecular weight excluding hydrogens is 415 g/mol. The maximum absolute atomic E-state index is 11.0. The van der Waals surface area contributed by atoms with Gasteiger partial charge in [0.15, 0.2) is 11.7 Å².